The highest BCUT2D eigenvalue weighted by Crippen LogP contribution is 2.33. The van der Waals surface area contributed by atoms with Crippen molar-refractivity contribution in [3.8, 4) is 0 Å². The second kappa shape index (κ2) is 8.29. The Kier molecular flexibility index (Phi) is 5.86. The van der Waals surface area contributed by atoms with Gasteiger partial charge in [-0.1, -0.05) is 63.3 Å². The molecule has 126 valence electrons. The molecule has 2 nitrogen and oxygen atoms in total. The Morgan fingerprint density at radius 1 is 1.00 bits per heavy atom. The summed E-state index contributed by atoms with van der Waals surface area (Å²) in [5.74, 6) is -0.197. The smallest absolute Gasteiger partial charge is 0.338 e. The van der Waals surface area contributed by atoms with E-state index in [0.717, 1.165) is 23.6 Å². The highest BCUT2D eigenvalue weighted by Gasteiger charge is 2.15. The quantitative estimate of drug-likeness (QED) is 0.342. The van der Waals surface area contributed by atoms with Crippen LogP contribution in [0.2, 0.25) is 0 Å². The topological polar surface area (TPSA) is 26.3 Å². The third-order valence-corrected chi connectivity index (χ3v) is 5.36. The van der Waals surface area contributed by atoms with Gasteiger partial charge in [-0.25, -0.2) is 4.79 Å². The summed E-state index contributed by atoms with van der Waals surface area (Å²) in [5, 5.41) is 5.35. The van der Waals surface area contributed by atoms with E-state index in [-0.39, 0.29) is 5.97 Å². The molecule has 0 radical (unpaired) electrons. The van der Waals surface area contributed by atoms with E-state index < -0.39 is 0 Å². The summed E-state index contributed by atoms with van der Waals surface area (Å²) >= 11 is 1.68. The van der Waals surface area contributed by atoms with Gasteiger partial charge >= 0.3 is 5.97 Å². The molecule has 2 aromatic carbocycles. The van der Waals surface area contributed by atoms with Crippen LogP contribution >= 0.6 is 11.3 Å². The van der Waals surface area contributed by atoms with E-state index in [2.05, 4.69) is 19.1 Å². The van der Waals surface area contributed by atoms with Crippen molar-refractivity contribution in [2.75, 3.05) is 6.61 Å². The molecule has 0 aliphatic heterocycles. The minimum absolute atomic E-state index is 0.197. The summed E-state index contributed by atoms with van der Waals surface area (Å²) in [6.07, 6.45) is 7.16. The second-order valence-corrected chi connectivity index (χ2v) is 7.13. The van der Waals surface area contributed by atoms with Gasteiger partial charge in [-0.2, -0.15) is 0 Å². The number of carbonyl (C=O) groups is 1. The third kappa shape index (κ3) is 3.78. The van der Waals surface area contributed by atoms with Crippen LogP contribution in [-0.2, 0) is 4.74 Å². The molecule has 1 heterocycles. The largest absolute Gasteiger partial charge is 0.462 e. The average molecular weight is 340 g/mol. The van der Waals surface area contributed by atoms with E-state index in [9.17, 15) is 4.79 Å². The summed E-state index contributed by atoms with van der Waals surface area (Å²) in [7, 11) is 0. The van der Waals surface area contributed by atoms with Crippen LogP contribution < -0.4 is 0 Å². The van der Waals surface area contributed by atoms with Crippen LogP contribution in [0.1, 0.15) is 55.8 Å². The highest BCUT2D eigenvalue weighted by atomic mass is 32.1. The van der Waals surface area contributed by atoms with E-state index in [0.29, 0.717) is 12.2 Å². The minimum atomic E-state index is -0.197. The number of hydrogen-bond acceptors (Lipinski definition) is 3. The van der Waals surface area contributed by atoms with Gasteiger partial charge in [-0.3, -0.25) is 0 Å². The zero-order chi connectivity index (χ0) is 16.8. The standard InChI is InChI=1S/C21H24O2S/c1-2-3-4-5-6-9-13-23-21(22)19-15-16-10-7-8-11-17(16)20-18(19)12-14-24-20/h7-8,10-12,14-15H,2-6,9,13H2,1H3. The number of thiophene rings is 1. The fraction of sp³-hybridized carbons (Fsp3) is 0.381. The number of esters is 1. The first-order valence-electron chi connectivity index (χ1n) is 8.87. The molecule has 0 aliphatic rings. The lowest BCUT2D eigenvalue weighted by molar-refractivity contribution is 0.0500. The summed E-state index contributed by atoms with van der Waals surface area (Å²) < 4.78 is 6.69. The van der Waals surface area contributed by atoms with Gasteiger partial charge in [0.1, 0.15) is 0 Å². The summed E-state index contributed by atoms with van der Waals surface area (Å²) in [5.41, 5.74) is 0.691. The van der Waals surface area contributed by atoms with Crippen LogP contribution in [0.3, 0.4) is 0 Å². The fourth-order valence-corrected chi connectivity index (χ4v) is 4.04. The molecule has 0 amide bonds. The van der Waals surface area contributed by atoms with Crippen LogP contribution in [0.15, 0.2) is 41.8 Å². The zero-order valence-electron chi connectivity index (χ0n) is 14.2. The van der Waals surface area contributed by atoms with Crippen LogP contribution in [0.5, 0.6) is 0 Å². The molecule has 0 saturated carbocycles. The maximum atomic E-state index is 12.5. The van der Waals surface area contributed by atoms with Crippen molar-refractivity contribution in [3.63, 3.8) is 0 Å². The molecule has 0 bridgehead atoms. The van der Waals surface area contributed by atoms with Gasteiger partial charge in [0, 0.05) is 10.1 Å². The molecule has 1 aromatic heterocycles. The number of carbonyl (C=O) groups excluding carboxylic acids is 1. The number of rotatable bonds is 8. The predicted molar refractivity (Wildman–Crippen MR) is 103 cm³/mol. The molecule has 3 rings (SSSR count). The highest BCUT2D eigenvalue weighted by molar-refractivity contribution is 7.18. The number of hydrogen-bond donors (Lipinski definition) is 0. The van der Waals surface area contributed by atoms with E-state index in [4.69, 9.17) is 4.74 Å². The van der Waals surface area contributed by atoms with Crippen molar-refractivity contribution in [1.82, 2.24) is 0 Å². The molecule has 0 fully saturated rings. The van der Waals surface area contributed by atoms with Crippen molar-refractivity contribution in [3.05, 3.63) is 47.3 Å². The molecule has 24 heavy (non-hydrogen) atoms. The molecular weight excluding hydrogens is 316 g/mol. The Bertz CT molecular complexity index is 819. The lowest BCUT2D eigenvalue weighted by Crippen LogP contribution is -2.07. The molecule has 0 saturated heterocycles. The summed E-state index contributed by atoms with van der Waals surface area (Å²) in [6.45, 7) is 2.74. The second-order valence-electron chi connectivity index (χ2n) is 6.21. The number of fused-ring (bicyclic) bond motifs is 3. The van der Waals surface area contributed by atoms with Gasteiger partial charge in [-0.15, -0.1) is 11.3 Å². The van der Waals surface area contributed by atoms with E-state index in [1.54, 1.807) is 11.3 Å². The molecular formula is C21H24O2S. The van der Waals surface area contributed by atoms with Crippen molar-refractivity contribution >= 4 is 38.2 Å². The molecule has 0 spiro atoms. The van der Waals surface area contributed by atoms with Crippen LogP contribution in [0.4, 0.5) is 0 Å². The van der Waals surface area contributed by atoms with Crippen molar-refractivity contribution < 1.29 is 9.53 Å². The van der Waals surface area contributed by atoms with Crippen molar-refractivity contribution in [2.45, 2.75) is 45.4 Å². The lowest BCUT2D eigenvalue weighted by Gasteiger charge is -2.08. The molecule has 0 unspecified atom stereocenters. The number of ether oxygens (including phenoxy) is 1. The van der Waals surface area contributed by atoms with Gasteiger partial charge in [0.05, 0.1) is 12.2 Å². The maximum absolute atomic E-state index is 12.5. The van der Waals surface area contributed by atoms with Gasteiger partial charge in [0.15, 0.2) is 0 Å². The summed E-state index contributed by atoms with van der Waals surface area (Å²) in [6, 6.07) is 12.2. The van der Waals surface area contributed by atoms with E-state index in [1.165, 1.54) is 35.8 Å². The molecule has 3 heteroatoms. The van der Waals surface area contributed by atoms with Gasteiger partial charge in [0.2, 0.25) is 0 Å². The normalized spacial score (nSPS) is 11.2. The number of unbranched alkanes of at least 4 members (excludes halogenated alkanes) is 5. The van der Waals surface area contributed by atoms with Gasteiger partial charge in [0.25, 0.3) is 0 Å². The monoisotopic (exact) mass is 340 g/mol. The van der Waals surface area contributed by atoms with Crippen LogP contribution in [0.25, 0.3) is 20.9 Å². The Morgan fingerprint density at radius 2 is 1.79 bits per heavy atom. The van der Waals surface area contributed by atoms with Crippen molar-refractivity contribution in [2.24, 2.45) is 0 Å². The Morgan fingerprint density at radius 3 is 2.67 bits per heavy atom. The first kappa shape index (κ1) is 17.0. The van der Waals surface area contributed by atoms with Gasteiger partial charge < -0.3 is 4.74 Å². The van der Waals surface area contributed by atoms with Crippen molar-refractivity contribution in [1.29, 1.82) is 0 Å². The molecule has 0 atom stereocenters. The first-order valence-corrected chi connectivity index (χ1v) is 9.75. The number of benzene rings is 2. The lowest BCUT2D eigenvalue weighted by atomic mass is 10.0. The van der Waals surface area contributed by atoms with Crippen LogP contribution in [0, 0.1) is 0 Å². The average Bonchev–Trinajstić information content (AvgIpc) is 3.10. The predicted octanol–water partition coefficient (Wildman–Crippen LogP) is 6.57. The van der Waals surface area contributed by atoms with E-state index in [1.807, 2.05) is 29.6 Å². The molecule has 3 aromatic rings. The SMILES string of the molecule is CCCCCCCCOC(=O)c1cc2ccccc2c2sccc12. The Balaban J connectivity index is 1.67. The minimum Gasteiger partial charge on any atom is -0.462 e. The van der Waals surface area contributed by atoms with Gasteiger partial charge in [-0.05, 0) is 34.7 Å². The Labute approximate surface area is 147 Å². The summed E-state index contributed by atoms with van der Waals surface area (Å²) in [4.78, 5) is 12.5. The zero-order valence-corrected chi connectivity index (χ0v) is 15.0. The maximum Gasteiger partial charge on any atom is 0.338 e. The first-order chi connectivity index (χ1) is 11.8. The van der Waals surface area contributed by atoms with Crippen LogP contribution in [-0.4, -0.2) is 12.6 Å². The molecule has 0 N–H and O–H groups in total. The Hall–Kier alpha value is -1.87. The fourth-order valence-electron chi connectivity index (χ4n) is 3.09. The molecule has 0 aliphatic carbocycles. The third-order valence-electron chi connectivity index (χ3n) is 4.41. The van der Waals surface area contributed by atoms with E-state index >= 15 is 0 Å².